The van der Waals surface area contributed by atoms with Crippen LogP contribution in [0.4, 0.5) is 5.69 Å². The number of nitrogens with zero attached hydrogens (tertiary/aromatic N) is 3. The Bertz CT molecular complexity index is 1060. The van der Waals surface area contributed by atoms with Gasteiger partial charge in [-0.3, -0.25) is 9.59 Å². The summed E-state index contributed by atoms with van der Waals surface area (Å²) in [5.41, 5.74) is 2.34. The number of carbonyl (C=O) groups is 2. The quantitative estimate of drug-likeness (QED) is 0.676. The zero-order chi connectivity index (χ0) is 21.1. The molecule has 0 bridgehead atoms. The third kappa shape index (κ3) is 4.03. The highest BCUT2D eigenvalue weighted by Gasteiger charge is 2.35. The van der Waals surface area contributed by atoms with Gasteiger partial charge in [0.15, 0.2) is 5.82 Å². The zero-order valence-corrected chi connectivity index (χ0v) is 16.8. The molecular weight excluding hydrogens is 384 g/mol. The lowest BCUT2D eigenvalue weighted by Crippen LogP contribution is -2.25. The van der Waals surface area contributed by atoms with Gasteiger partial charge in [-0.25, -0.2) is 0 Å². The van der Waals surface area contributed by atoms with Crippen LogP contribution in [-0.2, 0) is 11.3 Å². The maximum absolute atomic E-state index is 12.6. The van der Waals surface area contributed by atoms with E-state index in [1.165, 1.54) is 0 Å². The highest BCUT2D eigenvalue weighted by atomic mass is 16.5. The molecule has 2 amide bonds. The van der Waals surface area contributed by atoms with Gasteiger partial charge in [0.1, 0.15) is 5.75 Å². The first-order chi connectivity index (χ1) is 14.5. The Hall–Kier alpha value is -3.68. The summed E-state index contributed by atoms with van der Waals surface area (Å²) in [7, 11) is 1.58. The van der Waals surface area contributed by atoms with Gasteiger partial charge in [0.05, 0.1) is 19.3 Å². The molecule has 1 N–H and O–H groups in total. The van der Waals surface area contributed by atoms with Gasteiger partial charge >= 0.3 is 0 Å². The van der Waals surface area contributed by atoms with Crippen molar-refractivity contribution in [2.45, 2.75) is 25.8 Å². The molecule has 1 aromatic heterocycles. The average Bonchev–Trinajstić information content (AvgIpc) is 3.39. The molecule has 154 valence electrons. The number of nitrogens with one attached hydrogen (secondary N) is 1. The fraction of sp³-hybridized carbons (Fsp3) is 0.273. The van der Waals surface area contributed by atoms with E-state index in [9.17, 15) is 9.59 Å². The van der Waals surface area contributed by atoms with Crippen molar-refractivity contribution in [3.05, 3.63) is 71.4 Å². The van der Waals surface area contributed by atoms with E-state index < -0.39 is 0 Å². The summed E-state index contributed by atoms with van der Waals surface area (Å²) >= 11 is 0. The molecule has 1 saturated heterocycles. The Labute approximate surface area is 173 Å². The van der Waals surface area contributed by atoms with Gasteiger partial charge in [-0.2, -0.15) is 4.98 Å². The Morgan fingerprint density at radius 3 is 2.83 bits per heavy atom. The number of benzene rings is 2. The van der Waals surface area contributed by atoms with Crippen molar-refractivity contribution in [3.8, 4) is 5.75 Å². The molecule has 8 heteroatoms. The van der Waals surface area contributed by atoms with Crippen LogP contribution in [-0.4, -0.2) is 35.6 Å². The lowest BCUT2D eigenvalue weighted by Gasteiger charge is -2.19. The highest BCUT2D eigenvalue weighted by molar-refractivity contribution is 5.98. The number of hydrogen-bond donors (Lipinski definition) is 1. The maximum atomic E-state index is 12.6. The fourth-order valence-corrected chi connectivity index (χ4v) is 3.48. The molecule has 2 heterocycles. The van der Waals surface area contributed by atoms with Gasteiger partial charge in [0.25, 0.3) is 5.91 Å². The number of methoxy groups -OCH3 is 1. The summed E-state index contributed by atoms with van der Waals surface area (Å²) in [6.45, 7) is 2.53. The number of anilines is 1. The number of hydrogen-bond acceptors (Lipinski definition) is 6. The minimum atomic E-state index is -0.218. The Balaban J connectivity index is 1.43. The lowest BCUT2D eigenvalue weighted by molar-refractivity contribution is -0.117. The molecule has 0 radical (unpaired) electrons. The Morgan fingerprint density at radius 1 is 1.27 bits per heavy atom. The maximum Gasteiger partial charge on any atom is 0.251 e. The number of amides is 2. The number of ether oxygens (including phenoxy) is 1. The van der Waals surface area contributed by atoms with Crippen molar-refractivity contribution < 1.29 is 18.8 Å². The summed E-state index contributed by atoms with van der Waals surface area (Å²) < 4.78 is 10.7. The van der Waals surface area contributed by atoms with Crippen LogP contribution >= 0.6 is 0 Å². The molecule has 8 nitrogen and oxygen atoms in total. The predicted molar refractivity (Wildman–Crippen MR) is 109 cm³/mol. The molecule has 1 aliphatic rings. The normalized spacial score (nSPS) is 16.0. The second-order valence-corrected chi connectivity index (χ2v) is 7.18. The van der Waals surface area contributed by atoms with Crippen molar-refractivity contribution in [3.63, 3.8) is 0 Å². The van der Waals surface area contributed by atoms with E-state index in [-0.39, 0.29) is 30.7 Å². The number of rotatable bonds is 6. The van der Waals surface area contributed by atoms with Crippen LogP contribution in [0, 0.1) is 6.92 Å². The van der Waals surface area contributed by atoms with E-state index in [4.69, 9.17) is 9.26 Å². The molecule has 1 atom stereocenters. The average molecular weight is 406 g/mol. The molecule has 1 aliphatic heterocycles. The third-order valence-electron chi connectivity index (χ3n) is 5.04. The number of aromatic nitrogens is 2. The molecule has 0 saturated carbocycles. The van der Waals surface area contributed by atoms with E-state index in [0.29, 0.717) is 29.6 Å². The minimum Gasteiger partial charge on any atom is -0.495 e. The molecule has 0 spiro atoms. The van der Waals surface area contributed by atoms with Gasteiger partial charge in [0, 0.05) is 24.4 Å². The van der Waals surface area contributed by atoms with Gasteiger partial charge in [0.2, 0.25) is 11.8 Å². The highest BCUT2D eigenvalue weighted by Crippen LogP contribution is 2.36. The number of aryl methyl sites for hydroxylation is 1. The summed E-state index contributed by atoms with van der Waals surface area (Å²) in [5, 5.41) is 6.78. The van der Waals surface area contributed by atoms with Crippen LogP contribution < -0.4 is 15.0 Å². The van der Waals surface area contributed by atoms with Crippen molar-refractivity contribution >= 4 is 17.5 Å². The number of carbonyl (C=O) groups excluding carboxylic acids is 2. The second kappa shape index (κ2) is 8.36. The van der Waals surface area contributed by atoms with Crippen molar-refractivity contribution in [2.24, 2.45) is 0 Å². The fourth-order valence-electron chi connectivity index (χ4n) is 3.48. The van der Waals surface area contributed by atoms with E-state index in [1.807, 2.05) is 31.2 Å². The van der Waals surface area contributed by atoms with Gasteiger partial charge in [-0.1, -0.05) is 29.4 Å². The summed E-state index contributed by atoms with van der Waals surface area (Å²) in [6, 6.07) is 14.6. The van der Waals surface area contributed by atoms with E-state index in [2.05, 4.69) is 15.5 Å². The van der Waals surface area contributed by atoms with Crippen molar-refractivity contribution in [2.75, 3.05) is 18.6 Å². The van der Waals surface area contributed by atoms with Crippen molar-refractivity contribution in [1.29, 1.82) is 0 Å². The lowest BCUT2D eigenvalue weighted by atomic mass is 10.1. The van der Waals surface area contributed by atoms with Crippen LogP contribution in [0.25, 0.3) is 0 Å². The largest absolute Gasteiger partial charge is 0.495 e. The van der Waals surface area contributed by atoms with E-state index >= 15 is 0 Å². The molecular formula is C22H22N4O4. The Kier molecular flexibility index (Phi) is 5.47. The summed E-state index contributed by atoms with van der Waals surface area (Å²) in [4.78, 5) is 30.9. The molecule has 4 rings (SSSR count). The SMILES string of the molecule is COc1ccc(C)cc1N1CC(c2noc(CNC(=O)c3ccccc3)n2)CC1=O. The van der Waals surface area contributed by atoms with Gasteiger partial charge in [-0.05, 0) is 36.8 Å². The first kappa shape index (κ1) is 19.6. The topological polar surface area (TPSA) is 97.6 Å². The van der Waals surface area contributed by atoms with Crippen LogP contribution in [0.2, 0.25) is 0 Å². The summed E-state index contributed by atoms with van der Waals surface area (Å²) in [5.74, 6) is 0.976. The monoisotopic (exact) mass is 406 g/mol. The summed E-state index contributed by atoms with van der Waals surface area (Å²) in [6.07, 6.45) is 0.284. The molecule has 30 heavy (non-hydrogen) atoms. The Morgan fingerprint density at radius 2 is 2.07 bits per heavy atom. The third-order valence-corrected chi connectivity index (χ3v) is 5.04. The van der Waals surface area contributed by atoms with E-state index in [1.54, 1.807) is 36.3 Å². The first-order valence-electron chi connectivity index (χ1n) is 9.66. The second-order valence-electron chi connectivity index (χ2n) is 7.18. The first-order valence-corrected chi connectivity index (χ1v) is 9.66. The van der Waals surface area contributed by atoms with Crippen LogP contribution in [0.5, 0.6) is 5.75 Å². The molecule has 3 aromatic rings. The predicted octanol–water partition coefficient (Wildman–Crippen LogP) is 2.84. The minimum absolute atomic E-state index is 0.0207. The standard InChI is InChI=1S/C22H22N4O4/c1-14-8-9-18(29-2)17(10-14)26-13-16(11-20(26)27)21-24-19(30-25-21)12-23-22(28)15-6-4-3-5-7-15/h3-10,16H,11-13H2,1-2H3,(H,23,28). The van der Waals surface area contributed by atoms with Gasteiger partial charge < -0.3 is 19.5 Å². The van der Waals surface area contributed by atoms with Crippen LogP contribution in [0.1, 0.15) is 40.0 Å². The molecule has 2 aromatic carbocycles. The van der Waals surface area contributed by atoms with Gasteiger partial charge in [-0.15, -0.1) is 0 Å². The molecule has 1 unspecified atom stereocenters. The van der Waals surface area contributed by atoms with Crippen molar-refractivity contribution in [1.82, 2.24) is 15.5 Å². The molecule has 1 fully saturated rings. The smallest absolute Gasteiger partial charge is 0.251 e. The zero-order valence-electron chi connectivity index (χ0n) is 16.8. The van der Waals surface area contributed by atoms with Crippen LogP contribution in [0.3, 0.4) is 0 Å². The van der Waals surface area contributed by atoms with Crippen LogP contribution in [0.15, 0.2) is 53.1 Å². The van der Waals surface area contributed by atoms with E-state index in [0.717, 1.165) is 11.3 Å². The molecule has 0 aliphatic carbocycles.